The van der Waals surface area contributed by atoms with E-state index < -0.39 is 0 Å². The van der Waals surface area contributed by atoms with Crippen LogP contribution in [0.1, 0.15) is 36.5 Å². The molecule has 1 saturated heterocycles. The van der Waals surface area contributed by atoms with E-state index in [1.54, 1.807) is 0 Å². The van der Waals surface area contributed by atoms with Crippen LogP contribution in [-0.4, -0.2) is 30.6 Å². The third kappa shape index (κ3) is 4.01. The molecule has 4 rings (SSSR count). The third-order valence-corrected chi connectivity index (χ3v) is 6.09. The second-order valence-electron chi connectivity index (χ2n) is 7.00. The smallest absolute Gasteiger partial charge is 0.119 e. The summed E-state index contributed by atoms with van der Waals surface area (Å²) in [6.07, 6.45) is 4.19. The van der Waals surface area contributed by atoms with E-state index in [1.807, 2.05) is 30.3 Å². The van der Waals surface area contributed by atoms with Crippen molar-refractivity contribution < 1.29 is 9.47 Å². The van der Waals surface area contributed by atoms with E-state index in [0.29, 0.717) is 16.7 Å². The van der Waals surface area contributed by atoms with E-state index in [1.165, 1.54) is 24.8 Å². The van der Waals surface area contributed by atoms with Crippen LogP contribution < -0.4 is 4.74 Å². The van der Waals surface area contributed by atoms with Crippen molar-refractivity contribution in [2.45, 2.75) is 38.0 Å². The van der Waals surface area contributed by atoms with E-state index in [9.17, 15) is 0 Å². The lowest BCUT2D eigenvalue weighted by Gasteiger charge is -2.42. The Labute approximate surface area is 164 Å². The van der Waals surface area contributed by atoms with Crippen molar-refractivity contribution in [3.63, 3.8) is 0 Å². The van der Waals surface area contributed by atoms with Crippen LogP contribution in [0.4, 0.5) is 0 Å². The van der Waals surface area contributed by atoms with Crippen LogP contribution in [0, 0.1) is 0 Å². The van der Waals surface area contributed by atoms with Crippen LogP contribution in [0.25, 0.3) is 0 Å². The molecule has 0 aromatic heterocycles. The van der Waals surface area contributed by atoms with Crippen LogP contribution in [-0.2, 0) is 11.3 Å². The predicted octanol–water partition coefficient (Wildman–Crippen LogP) is 5.50. The minimum absolute atomic E-state index is 0.149. The van der Waals surface area contributed by atoms with Crippen molar-refractivity contribution in [1.29, 1.82) is 0 Å². The number of morpholine rings is 1. The van der Waals surface area contributed by atoms with Gasteiger partial charge in [-0.1, -0.05) is 47.8 Å². The zero-order valence-corrected chi connectivity index (χ0v) is 16.2. The summed E-state index contributed by atoms with van der Waals surface area (Å²) in [5.41, 5.74) is 2.02. The fourth-order valence-corrected chi connectivity index (χ4v) is 4.07. The van der Waals surface area contributed by atoms with Gasteiger partial charge in [0.25, 0.3) is 0 Å². The number of hydrogen-bond acceptors (Lipinski definition) is 3. The molecule has 2 fully saturated rings. The molecule has 2 aromatic rings. The Kier molecular flexibility index (Phi) is 5.70. The number of hydrogen-bond donors (Lipinski definition) is 0. The summed E-state index contributed by atoms with van der Waals surface area (Å²) in [6.45, 7) is 3.21. The van der Waals surface area contributed by atoms with Gasteiger partial charge in [-0.15, -0.1) is 0 Å². The average molecular weight is 392 g/mol. The molecule has 0 radical (unpaired) electrons. The molecule has 2 aromatic carbocycles. The Balaban J connectivity index is 1.37. The van der Waals surface area contributed by atoms with Gasteiger partial charge in [0.1, 0.15) is 12.4 Å². The fourth-order valence-electron chi connectivity index (χ4n) is 3.56. The van der Waals surface area contributed by atoms with Gasteiger partial charge in [0, 0.05) is 34.7 Å². The maximum atomic E-state index is 6.19. The van der Waals surface area contributed by atoms with E-state index in [4.69, 9.17) is 32.7 Å². The first kappa shape index (κ1) is 18.1. The summed E-state index contributed by atoms with van der Waals surface area (Å²) in [7, 11) is 0. The first-order chi connectivity index (χ1) is 12.7. The molecule has 1 saturated carbocycles. The number of rotatable bonds is 5. The highest BCUT2D eigenvalue weighted by Gasteiger charge is 2.30. The highest BCUT2D eigenvalue weighted by Crippen LogP contribution is 2.31. The molecule has 1 atom stereocenters. The molecular weight excluding hydrogens is 369 g/mol. The number of nitrogens with zero attached hydrogens (tertiary/aromatic N) is 1. The summed E-state index contributed by atoms with van der Waals surface area (Å²) in [6, 6.07) is 14.4. The lowest BCUT2D eigenvalue weighted by atomic mass is 9.90. The molecule has 0 amide bonds. The molecule has 0 N–H and O–H groups in total. The lowest BCUT2D eigenvalue weighted by Crippen LogP contribution is -2.47. The van der Waals surface area contributed by atoms with Gasteiger partial charge in [-0.3, -0.25) is 4.90 Å². The Bertz CT molecular complexity index is 726. The number of ether oxygens (including phenoxy) is 2. The van der Waals surface area contributed by atoms with Gasteiger partial charge in [0.05, 0.1) is 12.7 Å². The topological polar surface area (TPSA) is 21.7 Å². The van der Waals surface area contributed by atoms with E-state index in [0.717, 1.165) is 37.1 Å². The Hall–Kier alpha value is -1.26. The van der Waals surface area contributed by atoms with Gasteiger partial charge in [-0.05, 0) is 42.7 Å². The van der Waals surface area contributed by atoms with Gasteiger partial charge in [-0.25, -0.2) is 0 Å². The summed E-state index contributed by atoms with van der Waals surface area (Å²) in [5, 5.41) is 1.25. The number of benzene rings is 2. The highest BCUT2D eigenvalue weighted by atomic mass is 35.5. The maximum Gasteiger partial charge on any atom is 0.119 e. The van der Waals surface area contributed by atoms with Crippen LogP contribution >= 0.6 is 23.2 Å². The second kappa shape index (κ2) is 8.18. The predicted molar refractivity (Wildman–Crippen MR) is 105 cm³/mol. The molecule has 2 aliphatic rings. The molecule has 26 heavy (non-hydrogen) atoms. The van der Waals surface area contributed by atoms with Crippen LogP contribution in [0.3, 0.4) is 0 Å². The standard InChI is InChI=1S/C21H23Cl2NO2/c22-19-5-2-6-20(23)18(19)14-26-17-9-7-15(8-10-17)21-13-24(11-12-25-21)16-3-1-4-16/h2,5-10,16,21H,1,3-4,11-14H2. The molecule has 5 heteroatoms. The quantitative estimate of drug-likeness (QED) is 0.671. The first-order valence-electron chi connectivity index (χ1n) is 9.22. The summed E-state index contributed by atoms with van der Waals surface area (Å²) >= 11 is 12.4. The van der Waals surface area contributed by atoms with Crippen LogP contribution in [0.2, 0.25) is 10.0 Å². The Morgan fingerprint density at radius 1 is 1.04 bits per heavy atom. The molecule has 0 spiro atoms. The van der Waals surface area contributed by atoms with Gasteiger partial charge in [0.2, 0.25) is 0 Å². The van der Waals surface area contributed by atoms with Crippen LogP contribution in [0.15, 0.2) is 42.5 Å². The fraction of sp³-hybridized carbons (Fsp3) is 0.429. The van der Waals surface area contributed by atoms with Gasteiger partial charge in [-0.2, -0.15) is 0 Å². The molecule has 138 valence electrons. The van der Waals surface area contributed by atoms with Gasteiger partial charge >= 0.3 is 0 Å². The van der Waals surface area contributed by atoms with Crippen molar-refractivity contribution in [3.8, 4) is 5.75 Å². The monoisotopic (exact) mass is 391 g/mol. The zero-order valence-electron chi connectivity index (χ0n) is 14.7. The SMILES string of the molecule is Clc1cccc(Cl)c1COc1ccc(C2CN(C3CCC3)CCO2)cc1. The first-order valence-corrected chi connectivity index (χ1v) is 9.97. The zero-order chi connectivity index (χ0) is 17.9. The van der Waals surface area contributed by atoms with Crippen LogP contribution in [0.5, 0.6) is 5.75 Å². The largest absolute Gasteiger partial charge is 0.489 e. The number of halogens is 2. The summed E-state index contributed by atoms with van der Waals surface area (Å²) in [5.74, 6) is 0.802. The molecule has 1 unspecified atom stereocenters. The van der Waals surface area contributed by atoms with Crippen molar-refractivity contribution >= 4 is 23.2 Å². The lowest BCUT2D eigenvalue weighted by molar-refractivity contribution is -0.0566. The van der Waals surface area contributed by atoms with Crippen molar-refractivity contribution in [1.82, 2.24) is 4.90 Å². The van der Waals surface area contributed by atoms with E-state index >= 15 is 0 Å². The van der Waals surface area contributed by atoms with Crippen molar-refractivity contribution in [2.75, 3.05) is 19.7 Å². The minimum atomic E-state index is 0.149. The molecule has 0 bridgehead atoms. The second-order valence-corrected chi connectivity index (χ2v) is 7.81. The normalized spacial score (nSPS) is 21.4. The molecule has 1 heterocycles. The molecule has 1 aliphatic heterocycles. The maximum absolute atomic E-state index is 6.19. The van der Waals surface area contributed by atoms with Gasteiger partial charge in [0.15, 0.2) is 0 Å². The summed E-state index contributed by atoms with van der Waals surface area (Å²) < 4.78 is 11.9. The Morgan fingerprint density at radius 2 is 1.77 bits per heavy atom. The molecular formula is C21H23Cl2NO2. The van der Waals surface area contributed by atoms with Crippen molar-refractivity contribution in [3.05, 3.63) is 63.6 Å². The van der Waals surface area contributed by atoms with E-state index in [-0.39, 0.29) is 6.10 Å². The Morgan fingerprint density at radius 3 is 2.42 bits per heavy atom. The summed E-state index contributed by atoms with van der Waals surface area (Å²) in [4.78, 5) is 2.58. The average Bonchev–Trinajstić information content (AvgIpc) is 2.61. The van der Waals surface area contributed by atoms with Crippen molar-refractivity contribution in [2.24, 2.45) is 0 Å². The van der Waals surface area contributed by atoms with E-state index in [2.05, 4.69) is 17.0 Å². The molecule has 3 nitrogen and oxygen atoms in total. The van der Waals surface area contributed by atoms with Gasteiger partial charge < -0.3 is 9.47 Å². The highest BCUT2D eigenvalue weighted by molar-refractivity contribution is 6.35. The third-order valence-electron chi connectivity index (χ3n) is 5.39. The molecule has 1 aliphatic carbocycles. The minimum Gasteiger partial charge on any atom is -0.489 e.